The Morgan fingerprint density at radius 3 is 2.88 bits per heavy atom. The fourth-order valence-electron chi connectivity index (χ4n) is 1.44. The molecule has 0 spiro atoms. The lowest BCUT2D eigenvalue weighted by Gasteiger charge is -2.01. The second-order valence-corrected chi connectivity index (χ2v) is 4.16. The van der Waals surface area contributed by atoms with Gasteiger partial charge in [0.05, 0.1) is 17.5 Å². The first-order valence-corrected chi connectivity index (χ1v) is 5.84. The second-order valence-electron chi connectivity index (χ2n) is 3.76. The minimum absolute atomic E-state index is 0.369. The van der Waals surface area contributed by atoms with Crippen LogP contribution in [0.5, 0.6) is 0 Å². The SMILES string of the molecule is CCC(O)Cc1nc(-c2ccccc2Cl)no1. The molecule has 17 heavy (non-hydrogen) atoms. The molecular formula is C12H13ClN2O2. The van der Waals surface area contributed by atoms with E-state index in [-0.39, 0.29) is 0 Å². The topological polar surface area (TPSA) is 59.2 Å². The van der Waals surface area contributed by atoms with Crippen LogP contribution in [0.2, 0.25) is 5.02 Å². The number of hydrogen-bond acceptors (Lipinski definition) is 4. The number of hydrogen-bond donors (Lipinski definition) is 1. The molecule has 0 saturated carbocycles. The molecule has 4 nitrogen and oxygen atoms in total. The number of aliphatic hydroxyl groups is 1. The Labute approximate surface area is 104 Å². The van der Waals surface area contributed by atoms with Gasteiger partial charge in [-0.25, -0.2) is 0 Å². The summed E-state index contributed by atoms with van der Waals surface area (Å²) in [4.78, 5) is 4.21. The highest BCUT2D eigenvalue weighted by atomic mass is 35.5. The van der Waals surface area contributed by atoms with E-state index >= 15 is 0 Å². The lowest BCUT2D eigenvalue weighted by molar-refractivity contribution is 0.158. The molecule has 0 aliphatic rings. The van der Waals surface area contributed by atoms with E-state index in [2.05, 4.69) is 10.1 Å². The second kappa shape index (κ2) is 5.29. The Hall–Kier alpha value is -1.39. The first-order chi connectivity index (χ1) is 8.20. The molecule has 1 atom stereocenters. The van der Waals surface area contributed by atoms with Crippen LogP contribution < -0.4 is 0 Å². The van der Waals surface area contributed by atoms with Gasteiger partial charge in [-0.05, 0) is 18.6 Å². The van der Waals surface area contributed by atoms with Crippen molar-refractivity contribution in [3.8, 4) is 11.4 Å². The Bertz CT molecular complexity index is 499. The maximum Gasteiger partial charge on any atom is 0.229 e. The highest BCUT2D eigenvalue weighted by molar-refractivity contribution is 6.33. The molecule has 1 aromatic heterocycles. The summed E-state index contributed by atoms with van der Waals surface area (Å²) in [7, 11) is 0. The van der Waals surface area contributed by atoms with Gasteiger partial charge in [-0.1, -0.05) is 35.8 Å². The fraction of sp³-hybridized carbons (Fsp3) is 0.333. The van der Waals surface area contributed by atoms with Gasteiger partial charge in [0.1, 0.15) is 0 Å². The number of aliphatic hydroxyl groups excluding tert-OH is 1. The molecule has 0 aliphatic heterocycles. The van der Waals surface area contributed by atoms with Crippen molar-refractivity contribution in [2.45, 2.75) is 25.9 Å². The van der Waals surface area contributed by atoms with Crippen LogP contribution in [0.3, 0.4) is 0 Å². The van der Waals surface area contributed by atoms with Crippen LogP contribution in [-0.2, 0) is 6.42 Å². The monoisotopic (exact) mass is 252 g/mol. The van der Waals surface area contributed by atoms with E-state index in [0.29, 0.717) is 29.6 Å². The summed E-state index contributed by atoms with van der Waals surface area (Å²) in [5, 5.41) is 13.9. The van der Waals surface area contributed by atoms with Crippen LogP contribution in [0.15, 0.2) is 28.8 Å². The molecule has 0 amide bonds. The number of halogens is 1. The predicted molar refractivity (Wildman–Crippen MR) is 64.7 cm³/mol. The van der Waals surface area contributed by atoms with Crippen molar-refractivity contribution in [1.29, 1.82) is 0 Å². The Kier molecular flexibility index (Phi) is 3.76. The Morgan fingerprint density at radius 1 is 1.41 bits per heavy atom. The van der Waals surface area contributed by atoms with Crippen LogP contribution in [0.1, 0.15) is 19.2 Å². The van der Waals surface area contributed by atoms with Crippen molar-refractivity contribution in [3.63, 3.8) is 0 Å². The largest absolute Gasteiger partial charge is 0.393 e. The summed E-state index contributed by atoms with van der Waals surface area (Å²) >= 11 is 6.03. The molecule has 90 valence electrons. The van der Waals surface area contributed by atoms with Crippen molar-refractivity contribution in [2.75, 3.05) is 0 Å². The molecule has 0 radical (unpaired) electrons. The number of nitrogens with zero attached hydrogens (tertiary/aromatic N) is 2. The molecule has 1 N–H and O–H groups in total. The molecule has 1 aromatic carbocycles. The van der Waals surface area contributed by atoms with E-state index in [1.807, 2.05) is 25.1 Å². The highest BCUT2D eigenvalue weighted by Crippen LogP contribution is 2.25. The van der Waals surface area contributed by atoms with Crippen LogP contribution in [0.25, 0.3) is 11.4 Å². The van der Waals surface area contributed by atoms with Gasteiger partial charge in [0.15, 0.2) is 0 Å². The van der Waals surface area contributed by atoms with E-state index < -0.39 is 6.10 Å². The van der Waals surface area contributed by atoms with E-state index in [9.17, 15) is 5.11 Å². The summed E-state index contributed by atoms with van der Waals surface area (Å²) < 4.78 is 5.07. The lowest BCUT2D eigenvalue weighted by atomic mass is 10.2. The summed E-state index contributed by atoms with van der Waals surface area (Å²) in [5.74, 6) is 0.878. The average molecular weight is 253 g/mol. The van der Waals surface area contributed by atoms with Gasteiger partial charge in [0, 0.05) is 5.56 Å². The summed E-state index contributed by atoms with van der Waals surface area (Å²) in [6.45, 7) is 1.90. The summed E-state index contributed by atoms with van der Waals surface area (Å²) in [6.07, 6.45) is 0.576. The molecule has 0 fully saturated rings. The number of aromatic nitrogens is 2. The van der Waals surface area contributed by atoms with Crippen LogP contribution in [0.4, 0.5) is 0 Å². The fourth-order valence-corrected chi connectivity index (χ4v) is 1.66. The molecule has 1 unspecified atom stereocenters. The average Bonchev–Trinajstić information content (AvgIpc) is 2.78. The summed E-state index contributed by atoms with van der Waals surface area (Å²) in [5.41, 5.74) is 0.732. The van der Waals surface area contributed by atoms with Gasteiger partial charge < -0.3 is 9.63 Å². The quantitative estimate of drug-likeness (QED) is 0.909. The highest BCUT2D eigenvalue weighted by Gasteiger charge is 2.13. The minimum atomic E-state index is -0.449. The zero-order valence-electron chi connectivity index (χ0n) is 9.43. The van der Waals surface area contributed by atoms with Gasteiger partial charge in [-0.3, -0.25) is 0 Å². The maximum absolute atomic E-state index is 9.49. The number of rotatable bonds is 4. The van der Waals surface area contributed by atoms with Crippen molar-refractivity contribution >= 4 is 11.6 Å². The maximum atomic E-state index is 9.49. The third-order valence-electron chi connectivity index (χ3n) is 2.46. The van der Waals surface area contributed by atoms with Gasteiger partial charge >= 0.3 is 0 Å². The molecule has 0 aliphatic carbocycles. The third kappa shape index (κ3) is 2.84. The third-order valence-corrected chi connectivity index (χ3v) is 2.79. The zero-order valence-corrected chi connectivity index (χ0v) is 10.2. The molecule has 2 aromatic rings. The normalized spacial score (nSPS) is 12.6. The first kappa shape index (κ1) is 12.1. The van der Waals surface area contributed by atoms with Crippen molar-refractivity contribution < 1.29 is 9.63 Å². The van der Waals surface area contributed by atoms with E-state index in [1.54, 1.807) is 6.07 Å². The van der Waals surface area contributed by atoms with Gasteiger partial charge in [0.25, 0.3) is 0 Å². The van der Waals surface area contributed by atoms with E-state index in [4.69, 9.17) is 16.1 Å². The predicted octanol–water partition coefficient (Wildman–Crippen LogP) is 2.70. The molecular weight excluding hydrogens is 240 g/mol. The van der Waals surface area contributed by atoms with Crippen molar-refractivity contribution in [3.05, 3.63) is 35.2 Å². The molecule has 0 saturated heterocycles. The smallest absolute Gasteiger partial charge is 0.229 e. The van der Waals surface area contributed by atoms with Crippen LogP contribution in [0, 0.1) is 0 Å². The zero-order chi connectivity index (χ0) is 12.3. The standard InChI is InChI=1S/C12H13ClN2O2/c1-2-8(16)7-11-14-12(15-17-11)9-5-3-4-6-10(9)13/h3-6,8,16H,2,7H2,1H3. The van der Waals surface area contributed by atoms with Crippen LogP contribution in [-0.4, -0.2) is 21.4 Å². The van der Waals surface area contributed by atoms with E-state index in [1.165, 1.54) is 0 Å². The van der Waals surface area contributed by atoms with Gasteiger partial charge in [-0.15, -0.1) is 0 Å². The summed E-state index contributed by atoms with van der Waals surface area (Å²) in [6, 6.07) is 7.30. The van der Waals surface area contributed by atoms with Crippen LogP contribution >= 0.6 is 11.6 Å². The molecule has 0 bridgehead atoms. The number of benzene rings is 1. The van der Waals surface area contributed by atoms with Gasteiger partial charge in [-0.2, -0.15) is 4.98 Å². The molecule has 2 rings (SSSR count). The Balaban J connectivity index is 2.21. The minimum Gasteiger partial charge on any atom is -0.393 e. The first-order valence-electron chi connectivity index (χ1n) is 5.46. The Morgan fingerprint density at radius 2 is 2.18 bits per heavy atom. The van der Waals surface area contributed by atoms with Crippen molar-refractivity contribution in [2.24, 2.45) is 0 Å². The van der Waals surface area contributed by atoms with Crippen molar-refractivity contribution in [1.82, 2.24) is 10.1 Å². The molecule has 5 heteroatoms. The van der Waals surface area contributed by atoms with E-state index in [0.717, 1.165) is 5.56 Å². The van der Waals surface area contributed by atoms with Gasteiger partial charge in [0.2, 0.25) is 11.7 Å². The molecule has 1 heterocycles. The lowest BCUT2D eigenvalue weighted by Crippen LogP contribution is -2.08.